The molecule has 0 aliphatic carbocycles. The number of hydrogen-bond donors (Lipinski definition) is 1. The van der Waals surface area contributed by atoms with Crippen molar-refractivity contribution >= 4 is 0 Å². The highest BCUT2D eigenvalue weighted by Crippen LogP contribution is 2.22. The Morgan fingerprint density at radius 2 is 2.26 bits per heavy atom. The highest BCUT2D eigenvalue weighted by atomic mass is 16.3. The van der Waals surface area contributed by atoms with Crippen LogP contribution < -0.4 is 5.32 Å². The number of furan rings is 1. The zero-order chi connectivity index (χ0) is 13.7. The first-order valence-electron chi connectivity index (χ1n) is 7.73. The number of nitrogens with one attached hydrogen (secondary N) is 1. The smallest absolute Gasteiger partial charge is 0.118 e. The van der Waals surface area contributed by atoms with Crippen molar-refractivity contribution in [2.75, 3.05) is 13.1 Å². The molecule has 3 nitrogen and oxygen atoms in total. The molecule has 1 aliphatic rings. The van der Waals surface area contributed by atoms with E-state index >= 15 is 0 Å². The molecule has 0 saturated carbocycles. The molecule has 0 radical (unpaired) electrons. The van der Waals surface area contributed by atoms with E-state index in [1.165, 1.54) is 31.4 Å². The minimum absolute atomic E-state index is 0.713. The number of nitrogens with zero attached hydrogens (tertiary/aromatic N) is 1. The largest absolute Gasteiger partial charge is 0.465 e. The quantitative estimate of drug-likeness (QED) is 0.798. The third-order valence-electron chi connectivity index (χ3n) is 4.11. The normalized spacial score (nSPS) is 20.9. The van der Waals surface area contributed by atoms with E-state index in [-0.39, 0.29) is 0 Å². The van der Waals surface area contributed by atoms with Gasteiger partial charge in [-0.3, -0.25) is 4.90 Å². The summed E-state index contributed by atoms with van der Waals surface area (Å²) in [5, 5.41) is 3.40. The molecule has 19 heavy (non-hydrogen) atoms. The van der Waals surface area contributed by atoms with Gasteiger partial charge in [-0.05, 0) is 52.3 Å². The summed E-state index contributed by atoms with van der Waals surface area (Å²) in [7, 11) is 0. The van der Waals surface area contributed by atoms with Gasteiger partial charge >= 0.3 is 0 Å². The minimum atomic E-state index is 0.713. The van der Waals surface area contributed by atoms with Gasteiger partial charge in [0.2, 0.25) is 0 Å². The van der Waals surface area contributed by atoms with Gasteiger partial charge in [0.15, 0.2) is 0 Å². The highest BCUT2D eigenvalue weighted by Gasteiger charge is 2.20. The summed E-state index contributed by atoms with van der Waals surface area (Å²) in [4.78, 5) is 2.59. The van der Waals surface area contributed by atoms with E-state index in [9.17, 15) is 0 Å². The second kappa shape index (κ2) is 7.11. The van der Waals surface area contributed by atoms with E-state index < -0.39 is 0 Å². The molecule has 2 rings (SSSR count). The summed E-state index contributed by atoms with van der Waals surface area (Å²) in [5.74, 6) is 2.16. The SMILES string of the molecule is CCCNCc1cc(CN2CCCCC2C)c(C)o1. The summed E-state index contributed by atoms with van der Waals surface area (Å²) in [6.45, 7) is 10.8. The van der Waals surface area contributed by atoms with Crippen molar-refractivity contribution < 1.29 is 4.42 Å². The fourth-order valence-electron chi connectivity index (χ4n) is 2.83. The van der Waals surface area contributed by atoms with E-state index in [1.807, 2.05) is 0 Å². The number of hydrogen-bond acceptors (Lipinski definition) is 3. The Hall–Kier alpha value is -0.800. The van der Waals surface area contributed by atoms with E-state index in [4.69, 9.17) is 4.42 Å². The number of likely N-dealkylation sites (tertiary alicyclic amines) is 1. The number of piperidine rings is 1. The fraction of sp³-hybridized carbons (Fsp3) is 0.750. The Bertz CT molecular complexity index is 386. The lowest BCUT2D eigenvalue weighted by atomic mass is 10.0. The van der Waals surface area contributed by atoms with Crippen molar-refractivity contribution in [1.29, 1.82) is 0 Å². The molecule has 108 valence electrons. The van der Waals surface area contributed by atoms with E-state index in [0.717, 1.165) is 37.6 Å². The fourth-order valence-corrected chi connectivity index (χ4v) is 2.83. The maximum Gasteiger partial charge on any atom is 0.118 e. The number of aryl methyl sites for hydroxylation is 1. The first kappa shape index (κ1) is 14.6. The van der Waals surface area contributed by atoms with Crippen LogP contribution in [0.1, 0.15) is 56.6 Å². The standard InChI is InChI=1S/C16H28N2O/c1-4-8-17-11-16-10-15(14(3)19-16)12-18-9-6-5-7-13(18)2/h10,13,17H,4-9,11-12H2,1-3H3. The van der Waals surface area contributed by atoms with Crippen molar-refractivity contribution in [2.24, 2.45) is 0 Å². The summed E-state index contributed by atoms with van der Waals surface area (Å²) in [6.07, 6.45) is 5.22. The Morgan fingerprint density at radius 3 is 3.00 bits per heavy atom. The van der Waals surface area contributed by atoms with Gasteiger partial charge in [-0.2, -0.15) is 0 Å². The summed E-state index contributed by atoms with van der Waals surface area (Å²) < 4.78 is 5.85. The molecule has 1 atom stereocenters. The van der Waals surface area contributed by atoms with Gasteiger partial charge in [-0.25, -0.2) is 0 Å². The monoisotopic (exact) mass is 264 g/mol. The Labute approximate surface area is 117 Å². The average Bonchev–Trinajstić information content (AvgIpc) is 2.73. The van der Waals surface area contributed by atoms with Crippen LogP contribution in [0.25, 0.3) is 0 Å². The van der Waals surface area contributed by atoms with E-state index in [2.05, 4.69) is 37.1 Å². The van der Waals surface area contributed by atoms with Gasteiger partial charge in [0.05, 0.1) is 6.54 Å². The van der Waals surface area contributed by atoms with Crippen LogP contribution in [0.4, 0.5) is 0 Å². The molecule has 0 aromatic carbocycles. The Kier molecular flexibility index (Phi) is 5.46. The zero-order valence-electron chi connectivity index (χ0n) is 12.7. The lowest BCUT2D eigenvalue weighted by Gasteiger charge is -2.33. The molecule has 1 N–H and O–H groups in total. The second-order valence-corrected chi connectivity index (χ2v) is 5.79. The molecule has 0 amide bonds. The predicted molar refractivity (Wildman–Crippen MR) is 79.2 cm³/mol. The first-order valence-corrected chi connectivity index (χ1v) is 7.73. The van der Waals surface area contributed by atoms with Crippen LogP contribution in [0, 0.1) is 6.92 Å². The van der Waals surface area contributed by atoms with Crippen molar-refractivity contribution in [3.63, 3.8) is 0 Å². The minimum Gasteiger partial charge on any atom is -0.465 e. The van der Waals surface area contributed by atoms with Gasteiger partial charge in [0.25, 0.3) is 0 Å². The zero-order valence-corrected chi connectivity index (χ0v) is 12.7. The molecule has 3 heteroatoms. The third-order valence-corrected chi connectivity index (χ3v) is 4.11. The Balaban J connectivity index is 1.92. The van der Waals surface area contributed by atoms with E-state index in [0.29, 0.717) is 6.04 Å². The van der Waals surface area contributed by atoms with Crippen LogP contribution in [0.5, 0.6) is 0 Å². The lowest BCUT2D eigenvalue weighted by Crippen LogP contribution is -2.36. The van der Waals surface area contributed by atoms with Gasteiger partial charge in [-0.15, -0.1) is 0 Å². The predicted octanol–water partition coefficient (Wildman–Crippen LogP) is 3.46. The van der Waals surface area contributed by atoms with Gasteiger partial charge in [-0.1, -0.05) is 13.3 Å². The molecule has 1 fully saturated rings. The molecule has 1 aliphatic heterocycles. The summed E-state index contributed by atoms with van der Waals surface area (Å²) >= 11 is 0. The van der Waals surface area contributed by atoms with Crippen LogP contribution in [0.2, 0.25) is 0 Å². The molecule has 1 saturated heterocycles. The van der Waals surface area contributed by atoms with Crippen molar-refractivity contribution in [3.8, 4) is 0 Å². The molecular weight excluding hydrogens is 236 g/mol. The molecular formula is C16H28N2O. The molecule has 1 aromatic heterocycles. The summed E-state index contributed by atoms with van der Waals surface area (Å²) in [6, 6.07) is 2.95. The van der Waals surface area contributed by atoms with Crippen LogP contribution in [0.15, 0.2) is 10.5 Å². The second-order valence-electron chi connectivity index (χ2n) is 5.79. The molecule has 0 bridgehead atoms. The van der Waals surface area contributed by atoms with Gasteiger partial charge < -0.3 is 9.73 Å². The van der Waals surface area contributed by atoms with Gasteiger partial charge in [0.1, 0.15) is 11.5 Å². The van der Waals surface area contributed by atoms with Crippen LogP contribution in [-0.4, -0.2) is 24.0 Å². The molecule has 0 spiro atoms. The number of rotatable bonds is 6. The molecule has 1 unspecified atom stereocenters. The lowest BCUT2D eigenvalue weighted by molar-refractivity contribution is 0.152. The molecule has 1 aromatic rings. The highest BCUT2D eigenvalue weighted by molar-refractivity contribution is 5.21. The average molecular weight is 264 g/mol. The van der Waals surface area contributed by atoms with Gasteiger partial charge in [0, 0.05) is 18.2 Å². The summed E-state index contributed by atoms with van der Waals surface area (Å²) in [5.41, 5.74) is 1.36. The molecule has 2 heterocycles. The van der Waals surface area contributed by atoms with Crippen LogP contribution >= 0.6 is 0 Å². The topological polar surface area (TPSA) is 28.4 Å². The first-order chi connectivity index (χ1) is 9.20. The van der Waals surface area contributed by atoms with Crippen LogP contribution in [-0.2, 0) is 13.1 Å². The van der Waals surface area contributed by atoms with Crippen molar-refractivity contribution in [3.05, 3.63) is 23.2 Å². The van der Waals surface area contributed by atoms with Crippen LogP contribution in [0.3, 0.4) is 0 Å². The third kappa shape index (κ3) is 4.08. The maximum absolute atomic E-state index is 5.85. The van der Waals surface area contributed by atoms with Crippen molar-refractivity contribution in [2.45, 2.75) is 65.6 Å². The maximum atomic E-state index is 5.85. The van der Waals surface area contributed by atoms with Crippen molar-refractivity contribution in [1.82, 2.24) is 10.2 Å². The van der Waals surface area contributed by atoms with E-state index in [1.54, 1.807) is 0 Å². The Morgan fingerprint density at radius 1 is 1.42 bits per heavy atom.